The van der Waals surface area contributed by atoms with Gasteiger partial charge in [-0.2, -0.15) is 4.98 Å². The van der Waals surface area contributed by atoms with E-state index in [-0.39, 0.29) is 18.8 Å². The first-order chi connectivity index (χ1) is 11.7. The standard InChI is InChI=1S/C14H18IN3O7/c1-3-9(20)23-5-8-11(24-6(2)19)10(21)13(25-8)18-4-7(15)12(16)17-14(18)22/h4,8,10-11,13,21H,3,5H2,1-2H3,(H2,16,17,22)/t8-,10+,11-,13-/m1/s1. The Balaban J connectivity index is 2.28. The van der Waals surface area contributed by atoms with E-state index < -0.39 is 42.2 Å². The summed E-state index contributed by atoms with van der Waals surface area (Å²) in [5.41, 5.74) is 4.85. The minimum absolute atomic E-state index is 0.0549. The van der Waals surface area contributed by atoms with Gasteiger partial charge in [0.2, 0.25) is 0 Å². The summed E-state index contributed by atoms with van der Waals surface area (Å²) in [6, 6.07) is 0. The Kier molecular flexibility index (Phi) is 6.35. The zero-order chi connectivity index (χ0) is 18.7. The summed E-state index contributed by atoms with van der Waals surface area (Å²) in [6.45, 7) is 2.57. The second-order valence-electron chi connectivity index (χ2n) is 5.33. The zero-order valence-corrected chi connectivity index (χ0v) is 15.7. The van der Waals surface area contributed by atoms with E-state index in [2.05, 4.69) is 4.98 Å². The van der Waals surface area contributed by atoms with E-state index in [0.29, 0.717) is 3.57 Å². The van der Waals surface area contributed by atoms with Crippen LogP contribution in [0.5, 0.6) is 0 Å². The van der Waals surface area contributed by atoms with Gasteiger partial charge in [-0.05, 0) is 22.6 Å². The highest BCUT2D eigenvalue weighted by molar-refractivity contribution is 14.1. The lowest BCUT2D eigenvalue weighted by molar-refractivity contribution is -0.158. The summed E-state index contributed by atoms with van der Waals surface area (Å²) < 4.78 is 17.2. The second kappa shape index (κ2) is 8.10. The Bertz CT molecular complexity index is 723. The van der Waals surface area contributed by atoms with Crippen LogP contribution < -0.4 is 11.4 Å². The first-order valence-electron chi connectivity index (χ1n) is 7.45. The number of hydrogen-bond donors (Lipinski definition) is 2. The van der Waals surface area contributed by atoms with Gasteiger partial charge in [-0.15, -0.1) is 0 Å². The number of rotatable bonds is 5. The summed E-state index contributed by atoms with van der Waals surface area (Å²) in [7, 11) is 0. The van der Waals surface area contributed by atoms with Crippen LogP contribution in [0.4, 0.5) is 5.82 Å². The molecule has 3 N–H and O–H groups in total. The number of esters is 2. The van der Waals surface area contributed by atoms with Crippen molar-refractivity contribution < 1.29 is 28.9 Å². The third-order valence-corrected chi connectivity index (χ3v) is 4.35. The predicted octanol–water partition coefficient (Wildman–Crippen LogP) is -0.427. The fourth-order valence-corrected chi connectivity index (χ4v) is 2.76. The lowest BCUT2D eigenvalue weighted by atomic mass is 10.1. The van der Waals surface area contributed by atoms with Gasteiger partial charge in [-0.1, -0.05) is 6.92 Å². The van der Waals surface area contributed by atoms with Crippen molar-refractivity contribution in [1.29, 1.82) is 0 Å². The number of anilines is 1. The number of carbonyl (C=O) groups is 2. The molecule has 1 aromatic rings. The maximum absolute atomic E-state index is 12.1. The Morgan fingerprint density at radius 3 is 2.80 bits per heavy atom. The summed E-state index contributed by atoms with van der Waals surface area (Å²) in [6.07, 6.45) is -3.01. The summed E-state index contributed by atoms with van der Waals surface area (Å²) >= 11 is 1.88. The maximum Gasteiger partial charge on any atom is 0.351 e. The molecule has 1 aliphatic heterocycles. The smallest absolute Gasteiger partial charge is 0.351 e. The van der Waals surface area contributed by atoms with Crippen LogP contribution in [0.1, 0.15) is 26.5 Å². The van der Waals surface area contributed by atoms with Crippen molar-refractivity contribution in [2.24, 2.45) is 0 Å². The maximum atomic E-state index is 12.1. The average Bonchev–Trinajstić information content (AvgIpc) is 2.84. The molecule has 0 amide bonds. The number of ether oxygens (including phenoxy) is 3. The first kappa shape index (κ1) is 19.6. The molecule has 4 atom stereocenters. The molecule has 0 aliphatic carbocycles. The van der Waals surface area contributed by atoms with Gasteiger partial charge in [-0.3, -0.25) is 14.2 Å². The van der Waals surface area contributed by atoms with Gasteiger partial charge in [0.05, 0.1) is 3.57 Å². The van der Waals surface area contributed by atoms with Crippen molar-refractivity contribution in [3.05, 3.63) is 20.3 Å². The molecule has 10 nitrogen and oxygen atoms in total. The molecule has 11 heteroatoms. The molecule has 0 saturated carbocycles. The van der Waals surface area contributed by atoms with Crippen LogP contribution >= 0.6 is 22.6 Å². The minimum atomic E-state index is -1.35. The van der Waals surface area contributed by atoms with Crippen LogP contribution in [0.2, 0.25) is 0 Å². The van der Waals surface area contributed by atoms with E-state index in [1.807, 2.05) is 22.6 Å². The molecule has 0 radical (unpaired) electrons. The summed E-state index contributed by atoms with van der Waals surface area (Å²) in [5, 5.41) is 10.5. The van der Waals surface area contributed by atoms with E-state index in [1.165, 1.54) is 13.1 Å². The highest BCUT2D eigenvalue weighted by atomic mass is 127. The first-order valence-corrected chi connectivity index (χ1v) is 8.53. The van der Waals surface area contributed by atoms with Crippen LogP contribution in [0.3, 0.4) is 0 Å². The predicted molar refractivity (Wildman–Crippen MR) is 92.3 cm³/mol. The van der Waals surface area contributed by atoms with Crippen LogP contribution in [-0.4, -0.2) is 51.5 Å². The molecule has 0 aromatic carbocycles. The van der Waals surface area contributed by atoms with E-state index in [4.69, 9.17) is 19.9 Å². The van der Waals surface area contributed by atoms with Crippen LogP contribution in [0.25, 0.3) is 0 Å². The van der Waals surface area contributed by atoms with E-state index in [9.17, 15) is 19.5 Å². The van der Waals surface area contributed by atoms with E-state index in [1.54, 1.807) is 6.92 Å². The Labute approximate surface area is 156 Å². The minimum Gasteiger partial charge on any atom is -0.463 e. The fraction of sp³-hybridized carbons (Fsp3) is 0.571. The van der Waals surface area contributed by atoms with Gasteiger partial charge in [0.25, 0.3) is 0 Å². The molecule has 1 saturated heterocycles. The highest BCUT2D eigenvalue weighted by Crippen LogP contribution is 2.31. The molecule has 2 rings (SSSR count). The Morgan fingerprint density at radius 2 is 2.20 bits per heavy atom. The van der Waals surface area contributed by atoms with E-state index >= 15 is 0 Å². The van der Waals surface area contributed by atoms with Gasteiger partial charge in [0.15, 0.2) is 12.3 Å². The zero-order valence-electron chi connectivity index (χ0n) is 13.5. The normalized spacial score (nSPS) is 25.6. The van der Waals surface area contributed by atoms with Gasteiger partial charge >= 0.3 is 17.6 Å². The quantitative estimate of drug-likeness (QED) is 0.436. The number of nitrogens with two attached hydrogens (primary N) is 1. The van der Waals surface area contributed by atoms with Crippen molar-refractivity contribution in [2.75, 3.05) is 12.3 Å². The number of aromatic nitrogens is 2. The second-order valence-corrected chi connectivity index (χ2v) is 6.49. The summed E-state index contributed by atoms with van der Waals surface area (Å²) in [4.78, 5) is 38.3. The Hall–Kier alpha value is -1.73. The molecule has 2 heterocycles. The molecule has 0 bridgehead atoms. The Morgan fingerprint density at radius 1 is 1.52 bits per heavy atom. The number of hydrogen-bond acceptors (Lipinski definition) is 9. The number of aliphatic hydroxyl groups is 1. The lowest BCUT2D eigenvalue weighted by Gasteiger charge is -2.20. The molecule has 1 fully saturated rings. The lowest BCUT2D eigenvalue weighted by Crippen LogP contribution is -2.39. The molecular weight excluding hydrogens is 449 g/mol. The molecule has 0 unspecified atom stereocenters. The van der Waals surface area contributed by atoms with Crippen molar-refractivity contribution in [1.82, 2.24) is 9.55 Å². The average molecular weight is 467 g/mol. The molecule has 138 valence electrons. The fourth-order valence-electron chi connectivity index (χ4n) is 2.34. The molecule has 0 spiro atoms. The molecule has 1 aliphatic rings. The van der Waals surface area contributed by atoms with Gasteiger partial charge in [0.1, 0.15) is 24.6 Å². The summed E-state index contributed by atoms with van der Waals surface area (Å²) in [5.74, 6) is -1.05. The van der Waals surface area contributed by atoms with Crippen LogP contribution in [-0.2, 0) is 23.8 Å². The SMILES string of the molecule is CCC(=O)OC[C@H]1O[C@@H](n2cc(I)c(N)nc2=O)[C@@H](O)[C@@H]1OC(C)=O. The van der Waals surface area contributed by atoms with Crippen LogP contribution in [0, 0.1) is 3.57 Å². The van der Waals surface area contributed by atoms with Gasteiger partial charge < -0.3 is 25.1 Å². The monoisotopic (exact) mass is 467 g/mol. The number of nitrogens with zero attached hydrogens (tertiary/aromatic N) is 2. The number of halogens is 1. The third kappa shape index (κ3) is 4.46. The topological polar surface area (TPSA) is 143 Å². The number of nitrogen functional groups attached to an aromatic ring is 1. The highest BCUT2D eigenvalue weighted by Gasteiger charge is 2.48. The molecule has 25 heavy (non-hydrogen) atoms. The number of aliphatic hydroxyl groups excluding tert-OH is 1. The number of carbonyl (C=O) groups excluding carboxylic acids is 2. The largest absolute Gasteiger partial charge is 0.463 e. The van der Waals surface area contributed by atoms with E-state index in [0.717, 1.165) is 4.57 Å². The van der Waals surface area contributed by atoms with Crippen molar-refractivity contribution in [3.63, 3.8) is 0 Å². The third-order valence-electron chi connectivity index (χ3n) is 3.52. The van der Waals surface area contributed by atoms with Gasteiger partial charge in [0, 0.05) is 19.5 Å². The molecule has 1 aromatic heterocycles. The van der Waals surface area contributed by atoms with Crippen molar-refractivity contribution >= 4 is 40.3 Å². The molecular formula is C14H18IN3O7. The van der Waals surface area contributed by atoms with Gasteiger partial charge in [-0.25, -0.2) is 4.79 Å². The van der Waals surface area contributed by atoms with Crippen LogP contribution in [0.15, 0.2) is 11.0 Å². The van der Waals surface area contributed by atoms with Crippen molar-refractivity contribution in [3.8, 4) is 0 Å². The van der Waals surface area contributed by atoms with Crippen molar-refractivity contribution in [2.45, 2.75) is 44.8 Å².